The number of nitrogens with zero attached hydrogens (tertiary/aromatic N) is 1. The van der Waals surface area contributed by atoms with Gasteiger partial charge in [0.25, 0.3) is 5.91 Å². The molecular formula is C15H19BrClN3OS. The Bertz CT molecular complexity index is 620. The van der Waals surface area contributed by atoms with E-state index in [-0.39, 0.29) is 24.4 Å². The first-order chi connectivity index (χ1) is 10.1. The molecule has 0 aliphatic carbocycles. The summed E-state index contributed by atoms with van der Waals surface area (Å²) in [7, 11) is 0. The van der Waals surface area contributed by atoms with E-state index in [0.29, 0.717) is 18.7 Å². The maximum Gasteiger partial charge on any atom is 0.270 e. The van der Waals surface area contributed by atoms with Crippen molar-refractivity contribution in [3.8, 4) is 0 Å². The Morgan fingerprint density at radius 1 is 1.45 bits per heavy atom. The van der Waals surface area contributed by atoms with Gasteiger partial charge in [0.15, 0.2) is 0 Å². The van der Waals surface area contributed by atoms with Crippen molar-refractivity contribution in [1.29, 1.82) is 0 Å². The number of carbonyl (C=O) groups is 1. The van der Waals surface area contributed by atoms with Crippen molar-refractivity contribution < 1.29 is 4.79 Å². The van der Waals surface area contributed by atoms with Crippen LogP contribution in [0, 0.1) is 0 Å². The second kappa shape index (κ2) is 9.25. The summed E-state index contributed by atoms with van der Waals surface area (Å²) in [5.74, 6) is -0.130. The van der Waals surface area contributed by atoms with Crippen LogP contribution in [0.2, 0.25) is 0 Å². The molecule has 0 fully saturated rings. The molecular weight excluding hydrogens is 386 g/mol. The van der Waals surface area contributed by atoms with Gasteiger partial charge in [0.05, 0.1) is 5.01 Å². The van der Waals surface area contributed by atoms with Gasteiger partial charge in [-0.2, -0.15) is 0 Å². The van der Waals surface area contributed by atoms with Crippen LogP contribution in [0.3, 0.4) is 0 Å². The number of rotatable bonds is 6. The van der Waals surface area contributed by atoms with Gasteiger partial charge in [-0.1, -0.05) is 34.1 Å². The number of hydrogen-bond acceptors (Lipinski definition) is 4. The molecule has 0 saturated carbocycles. The van der Waals surface area contributed by atoms with Crippen LogP contribution in [-0.2, 0) is 12.8 Å². The van der Waals surface area contributed by atoms with E-state index in [1.165, 1.54) is 16.9 Å². The Morgan fingerprint density at radius 2 is 2.18 bits per heavy atom. The predicted octanol–water partition coefficient (Wildman–Crippen LogP) is 3.19. The zero-order valence-corrected chi connectivity index (χ0v) is 15.4. The van der Waals surface area contributed by atoms with Crippen molar-refractivity contribution in [2.75, 3.05) is 6.54 Å². The molecule has 1 amide bonds. The standard InChI is InChI=1S/C15H18BrN3OS.ClH/c1-10(8-11-4-2-3-5-12(11)16)18-15(20)13-9-21-14(19-13)6-7-17;/h2-5,9-10H,6-8,17H2,1H3,(H,18,20);1H. The Kier molecular flexibility index (Phi) is 8.03. The molecule has 2 rings (SSSR count). The number of amides is 1. The van der Waals surface area contributed by atoms with E-state index in [1.807, 2.05) is 25.1 Å². The Morgan fingerprint density at radius 3 is 2.86 bits per heavy atom. The Hall–Kier alpha value is -0.950. The normalized spacial score (nSPS) is 11.6. The van der Waals surface area contributed by atoms with Crippen molar-refractivity contribution in [3.05, 3.63) is 50.4 Å². The lowest BCUT2D eigenvalue weighted by Gasteiger charge is -2.14. The summed E-state index contributed by atoms with van der Waals surface area (Å²) >= 11 is 5.00. The molecule has 1 aromatic carbocycles. The third-order valence-electron chi connectivity index (χ3n) is 3.00. The second-order valence-corrected chi connectivity index (χ2v) is 6.63. The zero-order chi connectivity index (χ0) is 15.2. The van der Waals surface area contributed by atoms with Gasteiger partial charge in [-0.15, -0.1) is 23.7 Å². The van der Waals surface area contributed by atoms with Gasteiger partial charge in [0.2, 0.25) is 0 Å². The lowest BCUT2D eigenvalue weighted by atomic mass is 10.1. The Balaban J connectivity index is 0.00000242. The minimum atomic E-state index is -0.130. The Labute approximate surface area is 149 Å². The van der Waals surface area contributed by atoms with Gasteiger partial charge in [0.1, 0.15) is 5.69 Å². The van der Waals surface area contributed by atoms with E-state index in [2.05, 4.69) is 32.3 Å². The highest BCUT2D eigenvalue weighted by atomic mass is 79.9. The second-order valence-electron chi connectivity index (χ2n) is 4.84. The monoisotopic (exact) mass is 403 g/mol. The highest BCUT2D eigenvalue weighted by Gasteiger charge is 2.14. The number of benzene rings is 1. The first-order valence-electron chi connectivity index (χ1n) is 6.79. The third kappa shape index (κ3) is 5.35. The predicted molar refractivity (Wildman–Crippen MR) is 96.9 cm³/mol. The van der Waals surface area contributed by atoms with E-state index < -0.39 is 0 Å². The number of halogens is 2. The van der Waals surface area contributed by atoms with E-state index >= 15 is 0 Å². The van der Waals surface area contributed by atoms with Gasteiger partial charge in [-0.05, 0) is 31.5 Å². The largest absolute Gasteiger partial charge is 0.348 e. The number of hydrogen-bond donors (Lipinski definition) is 2. The molecule has 1 heterocycles. The summed E-state index contributed by atoms with van der Waals surface area (Å²) in [6, 6.07) is 8.06. The summed E-state index contributed by atoms with van der Waals surface area (Å²) in [6.45, 7) is 2.54. The summed E-state index contributed by atoms with van der Waals surface area (Å²) in [5.41, 5.74) is 7.14. The third-order valence-corrected chi connectivity index (χ3v) is 4.69. The molecule has 1 unspecified atom stereocenters. The molecule has 0 aliphatic rings. The molecule has 0 saturated heterocycles. The van der Waals surface area contributed by atoms with Gasteiger partial charge in [0, 0.05) is 22.3 Å². The van der Waals surface area contributed by atoms with Crippen LogP contribution in [0.4, 0.5) is 0 Å². The molecule has 0 spiro atoms. The maximum atomic E-state index is 12.1. The zero-order valence-electron chi connectivity index (χ0n) is 12.2. The van der Waals surface area contributed by atoms with Gasteiger partial charge in [-0.25, -0.2) is 4.98 Å². The quantitative estimate of drug-likeness (QED) is 0.777. The molecule has 120 valence electrons. The highest BCUT2D eigenvalue weighted by Crippen LogP contribution is 2.17. The molecule has 4 nitrogen and oxygen atoms in total. The molecule has 0 aliphatic heterocycles. The van der Waals surface area contributed by atoms with Crippen LogP contribution >= 0.6 is 39.7 Å². The van der Waals surface area contributed by atoms with E-state index in [0.717, 1.165) is 15.9 Å². The fourth-order valence-electron chi connectivity index (χ4n) is 2.00. The fraction of sp³-hybridized carbons (Fsp3) is 0.333. The van der Waals surface area contributed by atoms with Crippen LogP contribution in [0.25, 0.3) is 0 Å². The fourth-order valence-corrected chi connectivity index (χ4v) is 3.24. The van der Waals surface area contributed by atoms with Crippen molar-refractivity contribution in [2.45, 2.75) is 25.8 Å². The van der Waals surface area contributed by atoms with Gasteiger partial charge >= 0.3 is 0 Å². The summed E-state index contributed by atoms with van der Waals surface area (Å²) < 4.78 is 1.06. The van der Waals surface area contributed by atoms with E-state index in [4.69, 9.17) is 5.73 Å². The summed E-state index contributed by atoms with van der Waals surface area (Å²) in [4.78, 5) is 16.4. The van der Waals surface area contributed by atoms with E-state index in [9.17, 15) is 4.79 Å². The van der Waals surface area contributed by atoms with Gasteiger partial charge in [-0.3, -0.25) is 4.79 Å². The minimum Gasteiger partial charge on any atom is -0.348 e. The molecule has 2 aromatic rings. The van der Waals surface area contributed by atoms with Crippen molar-refractivity contribution in [3.63, 3.8) is 0 Å². The lowest BCUT2D eigenvalue weighted by Crippen LogP contribution is -2.34. The summed E-state index contributed by atoms with van der Waals surface area (Å²) in [5, 5.41) is 5.67. The van der Waals surface area contributed by atoms with Crippen LogP contribution in [-0.4, -0.2) is 23.5 Å². The average Bonchev–Trinajstić information content (AvgIpc) is 2.90. The van der Waals surface area contributed by atoms with Crippen molar-refractivity contribution in [1.82, 2.24) is 10.3 Å². The van der Waals surface area contributed by atoms with Crippen molar-refractivity contribution >= 4 is 45.6 Å². The van der Waals surface area contributed by atoms with Crippen LogP contribution in [0.1, 0.15) is 28.0 Å². The first-order valence-corrected chi connectivity index (χ1v) is 8.46. The number of carbonyl (C=O) groups excluding carboxylic acids is 1. The van der Waals surface area contributed by atoms with Crippen molar-refractivity contribution in [2.24, 2.45) is 5.73 Å². The molecule has 3 N–H and O–H groups in total. The van der Waals surface area contributed by atoms with Crippen LogP contribution in [0.15, 0.2) is 34.1 Å². The first kappa shape index (κ1) is 19.1. The number of aromatic nitrogens is 1. The van der Waals surface area contributed by atoms with Crippen LogP contribution in [0.5, 0.6) is 0 Å². The molecule has 7 heteroatoms. The summed E-state index contributed by atoms with van der Waals surface area (Å²) in [6.07, 6.45) is 1.48. The molecule has 1 aromatic heterocycles. The highest BCUT2D eigenvalue weighted by molar-refractivity contribution is 9.10. The number of nitrogens with one attached hydrogen (secondary N) is 1. The molecule has 1 atom stereocenters. The molecule has 22 heavy (non-hydrogen) atoms. The smallest absolute Gasteiger partial charge is 0.270 e. The maximum absolute atomic E-state index is 12.1. The molecule has 0 bridgehead atoms. The van der Waals surface area contributed by atoms with E-state index in [1.54, 1.807) is 5.38 Å². The molecule has 0 radical (unpaired) electrons. The van der Waals surface area contributed by atoms with Gasteiger partial charge < -0.3 is 11.1 Å². The minimum absolute atomic E-state index is 0. The van der Waals surface area contributed by atoms with Crippen LogP contribution < -0.4 is 11.1 Å². The SMILES string of the molecule is CC(Cc1ccccc1Br)NC(=O)c1csc(CCN)n1.Cl. The lowest BCUT2D eigenvalue weighted by molar-refractivity contribution is 0.0935. The average molecular weight is 405 g/mol. The number of thiazole rings is 1. The number of nitrogens with two attached hydrogens (primary N) is 1. The topological polar surface area (TPSA) is 68.0 Å².